The normalized spacial score (nSPS) is 10.8. The van der Waals surface area contributed by atoms with E-state index in [4.69, 9.17) is 0 Å². The highest BCUT2D eigenvalue weighted by Gasteiger charge is 2.12. The fourth-order valence-electron chi connectivity index (χ4n) is 1.99. The number of nitrogens with one attached hydrogen (secondary N) is 1. The molecule has 1 N–H and O–H groups in total. The molecule has 0 spiro atoms. The molecule has 0 aliphatic rings. The number of rotatable bonds is 2. The van der Waals surface area contributed by atoms with Crippen LogP contribution in [0.25, 0.3) is 22.2 Å². The SMILES string of the molecule is O=Cc1ccc(-c2n[nH]c3cc(Br)ccc23)c(F)c1. The predicted octanol–water partition coefficient (Wildman–Crippen LogP) is 3.94. The second-order valence-corrected chi connectivity index (χ2v) is 5.03. The van der Waals surface area contributed by atoms with Crippen molar-refractivity contribution in [1.29, 1.82) is 0 Å². The molecule has 0 aliphatic carbocycles. The van der Waals surface area contributed by atoms with Gasteiger partial charge in [0.15, 0.2) is 0 Å². The maximum Gasteiger partial charge on any atom is 0.150 e. The molecule has 0 amide bonds. The van der Waals surface area contributed by atoms with Gasteiger partial charge in [0.2, 0.25) is 0 Å². The molecule has 1 heterocycles. The average Bonchev–Trinajstić information content (AvgIpc) is 2.81. The van der Waals surface area contributed by atoms with Crippen molar-refractivity contribution < 1.29 is 9.18 Å². The molecule has 5 heteroatoms. The second kappa shape index (κ2) is 4.59. The Kier molecular flexibility index (Phi) is 2.91. The summed E-state index contributed by atoms with van der Waals surface area (Å²) in [5, 5.41) is 7.85. The van der Waals surface area contributed by atoms with E-state index in [0.29, 0.717) is 23.1 Å². The molecule has 0 radical (unpaired) electrons. The van der Waals surface area contributed by atoms with Gasteiger partial charge < -0.3 is 0 Å². The Labute approximate surface area is 116 Å². The van der Waals surface area contributed by atoms with Gasteiger partial charge in [0.05, 0.1) is 5.52 Å². The minimum Gasteiger partial charge on any atom is -0.298 e. The van der Waals surface area contributed by atoms with Gasteiger partial charge in [0, 0.05) is 21.0 Å². The number of benzene rings is 2. The predicted molar refractivity (Wildman–Crippen MR) is 74.6 cm³/mol. The average molecular weight is 319 g/mol. The molecule has 3 aromatic rings. The molecule has 19 heavy (non-hydrogen) atoms. The van der Waals surface area contributed by atoms with Crippen molar-refractivity contribution >= 4 is 33.1 Å². The van der Waals surface area contributed by atoms with Crippen LogP contribution in [0, 0.1) is 5.82 Å². The molecule has 94 valence electrons. The zero-order valence-corrected chi connectivity index (χ0v) is 11.2. The lowest BCUT2D eigenvalue weighted by Gasteiger charge is -2.01. The summed E-state index contributed by atoms with van der Waals surface area (Å²) in [5.41, 5.74) is 2.05. The number of fused-ring (bicyclic) bond motifs is 1. The van der Waals surface area contributed by atoms with Gasteiger partial charge in [-0.3, -0.25) is 9.89 Å². The summed E-state index contributed by atoms with van der Waals surface area (Å²) in [6.07, 6.45) is 0.618. The van der Waals surface area contributed by atoms with Gasteiger partial charge in [-0.15, -0.1) is 0 Å². The number of halogens is 2. The highest BCUT2D eigenvalue weighted by Crippen LogP contribution is 2.30. The molecule has 0 saturated carbocycles. The minimum absolute atomic E-state index is 0.309. The zero-order valence-electron chi connectivity index (χ0n) is 9.65. The van der Waals surface area contributed by atoms with Crippen molar-refractivity contribution in [1.82, 2.24) is 10.2 Å². The van der Waals surface area contributed by atoms with E-state index in [-0.39, 0.29) is 0 Å². The summed E-state index contributed by atoms with van der Waals surface area (Å²) in [6, 6.07) is 9.97. The van der Waals surface area contributed by atoms with E-state index in [9.17, 15) is 9.18 Å². The van der Waals surface area contributed by atoms with E-state index >= 15 is 0 Å². The Hall–Kier alpha value is -2.01. The molecule has 0 saturated heterocycles. The first-order chi connectivity index (χ1) is 9.19. The lowest BCUT2D eigenvalue weighted by molar-refractivity contribution is 0.112. The number of carbonyl (C=O) groups is 1. The molecule has 0 bridgehead atoms. The Morgan fingerprint density at radius 3 is 2.79 bits per heavy atom. The van der Waals surface area contributed by atoms with Gasteiger partial charge in [-0.1, -0.05) is 22.0 Å². The lowest BCUT2D eigenvalue weighted by Crippen LogP contribution is -1.88. The first-order valence-corrected chi connectivity index (χ1v) is 6.37. The monoisotopic (exact) mass is 318 g/mol. The second-order valence-electron chi connectivity index (χ2n) is 4.12. The van der Waals surface area contributed by atoms with E-state index in [1.165, 1.54) is 6.07 Å². The number of hydrogen-bond acceptors (Lipinski definition) is 2. The van der Waals surface area contributed by atoms with Gasteiger partial charge in [-0.2, -0.15) is 5.10 Å². The fraction of sp³-hybridized carbons (Fsp3) is 0. The summed E-state index contributed by atoms with van der Waals surface area (Å²) in [4.78, 5) is 10.6. The summed E-state index contributed by atoms with van der Waals surface area (Å²) in [5.74, 6) is -0.457. The Balaban J connectivity index is 2.22. The molecule has 0 atom stereocenters. The Bertz CT molecular complexity index is 782. The van der Waals surface area contributed by atoms with Gasteiger partial charge in [0.25, 0.3) is 0 Å². The molecule has 1 aromatic heterocycles. The molecule has 3 nitrogen and oxygen atoms in total. The van der Waals surface area contributed by atoms with Crippen LogP contribution in [0.3, 0.4) is 0 Å². The van der Waals surface area contributed by atoms with Crippen LogP contribution in [0.2, 0.25) is 0 Å². The Morgan fingerprint density at radius 1 is 1.21 bits per heavy atom. The minimum atomic E-state index is -0.457. The van der Waals surface area contributed by atoms with Crippen molar-refractivity contribution in [2.75, 3.05) is 0 Å². The third kappa shape index (κ3) is 2.06. The summed E-state index contributed by atoms with van der Waals surface area (Å²) in [6.45, 7) is 0. The molecule has 0 aliphatic heterocycles. The number of aromatic amines is 1. The quantitative estimate of drug-likeness (QED) is 0.727. The molecule has 2 aromatic carbocycles. The highest BCUT2D eigenvalue weighted by atomic mass is 79.9. The Morgan fingerprint density at radius 2 is 2.05 bits per heavy atom. The van der Waals surface area contributed by atoms with Crippen molar-refractivity contribution in [2.45, 2.75) is 0 Å². The van der Waals surface area contributed by atoms with E-state index in [1.54, 1.807) is 12.1 Å². The van der Waals surface area contributed by atoms with Crippen LogP contribution in [0.5, 0.6) is 0 Å². The maximum absolute atomic E-state index is 14.0. The third-order valence-electron chi connectivity index (χ3n) is 2.91. The molecule has 3 rings (SSSR count). The number of aromatic nitrogens is 2. The summed E-state index contributed by atoms with van der Waals surface area (Å²) in [7, 11) is 0. The number of H-pyrrole nitrogens is 1. The van der Waals surface area contributed by atoms with E-state index < -0.39 is 5.82 Å². The van der Waals surface area contributed by atoms with Gasteiger partial charge >= 0.3 is 0 Å². The van der Waals surface area contributed by atoms with E-state index in [2.05, 4.69) is 26.1 Å². The summed E-state index contributed by atoms with van der Waals surface area (Å²) < 4.78 is 14.9. The maximum atomic E-state index is 14.0. The molecule has 0 unspecified atom stereocenters. The number of hydrogen-bond donors (Lipinski definition) is 1. The largest absolute Gasteiger partial charge is 0.298 e. The summed E-state index contributed by atoms with van der Waals surface area (Å²) >= 11 is 3.37. The fourth-order valence-corrected chi connectivity index (χ4v) is 2.35. The van der Waals surface area contributed by atoms with Gasteiger partial charge in [-0.25, -0.2) is 4.39 Å². The highest BCUT2D eigenvalue weighted by molar-refractivity contribution is 9.10. The molecule has 0 fully saturated rings. The van der Waals surface area contributed by atoms with Crippen LogP contribution in [0.1, 0.15) is 10.4 Å². The van der Waals surface area contributed by atoms with E-state index in [0.717, 1.165) is 15.4 Å². The van der Waals surface area contributed by atoms with Crippen molar-refractivity contribution in [3.63, 3.8) is 0 Å². The first-order valence-electron chi connectivity index (χ1n) is 5.58. The van der Waals surface area contributed by atoms with Crippen molar-refractivity contribution in [2.24, 2.45) is 0 Å². The van der Waals surface area contributed by atoms with Gasteiger partial charge in [-0.05, 0) is 30.3 Å². The van der Waals surface area contributed by atoms with Crippen molar-refractivity contribution in [3.8, 4) is 11.3 Å². The lowest BCUT2D eigenvalue weighted by atomic mass is 10.1. The standard InChI is InChI=1S/C14H8BrFN2O/c15-9-2-4-11-13(6-9)17-18-14(11)10-3-1-8(7-19)5-12(10)16/h1-7H,(H,17,18). The zero-order chi connectivity index (χ0) is 13.4. The van der Waals surface area contributed by atoms with Crippen LogP contribution in [-0.2, 0) is 0 Å². The molecular formula is C14H8BrFN2O. The van der Waals surface area contributed by atoms with Crippen molar-refractivity contribution in [3.05, 3.63) is 52.3 Å². The third-order valence-corrected chi connectivity index (χ3v) is 3.40. The number of carbonyl (C=O) groups excluding carboxylic acids is 1. The van der Waals surface area contributed by atoms with E-state index in [1.807, 2.05) is 18.2 Å². The van der Waals surface area contributed by atoms with Crippen LogP contribution in [-0.4, -0.2) is 16.5 Å². The molecular weight excluding hydrogens is 311 g/mol. The van der Waals surface area contributed by atoms with Crippen LogP contribution in [0.4, 0.5) is 4.39 Å². The number of aldehydes is 1. The topological polar surface area (TPSA) is 45.8 Å². The van der Waals surface area contributed by atoms with Crippen LogP contribution in [0.15, 0.2) is 40.9 Å². The van der Waals surface area contributed by atoms with Gasteiger partial charge in [0.1, 0.15) is 17.8 Å². The van der Waals surface area contributed by atoms with Crippen LogP contribution >= 0.6 is 15.9 Å². The number of nitrogens with zero attached hydrogens (tertiary/aromatic N) is 1. The smallest absolute Gasteiger partial charge is 0.150 e. The van der Waals surface area contributed by atoms with Crippen LogP contribution < -0.4 is 0 Å². The first kappa shape index (κ1) is 12.0.